The largest absolute Gasteiger partial charge is 0.508 e. The van der Waals surface area contributed by atoms with Crippen molar-refractivity contribution in [1.82, 2.24) is 4.90 Å². The van der Waals surface area contributed by atoms with Gasteiger partial charge in [-0.05, 0) is 80.2 Å². The van der Waals surface area contributed by atoms with E-state index in [1.54, 1.807) is 24.3 Å². The van der Waals surface area contributed by atoms with Crippen molar-refractivity contribution in [3.63, 3.8) is 0 Å². The van der Waals surface area contributed by atoms with E-state index in [4.69, 9.17) is 0 Å². The predicted octanol–water partition coefficient (Wildman–Crippen LogP) is 4.94. The van der Waals surface area contributed by atoms with Crippen LogP contribution in [0.4, 0.5) is 0 Å². The van der Waals surface area contributed by atoms with Gasteiger partial charge in [-0.25, -0.2) is 0 Å². The number of hydrogen-bond acceptors (Lipinski definition) is 3. The topological polar surface area (TPSA) is 40.5 Å². The molecule has 2 unspecified atom stereocenters. The number of benzene rings is 2. The molecule has 0 bridgehead atoms. The third kappa shape index (κ3) is 4.47. The molecule has 2 aliphatic rings. The van der Waals surface area contributed by atoms with Gasteiger partial charge in [0.15, 0.2) is 5.78 Å². The first kappa shape index (κ1) is 19.2. The Labute approximate surface area is 168 Å². The average Bonchev–Trinajstić information content (AvgIpc) is 3.26. The lowest BCUT2D eigenvalue weighted by atomic mass is 9.96. The van der Waals surface area contributed by atoms with E-state index in [0.29, 0.717) is 12.0 Å². The highest BCUT2D eigenvalue weighted by molar-refractivity contribution is 5.96. The number of aromatic hydroxyl groups is 1. The Kier molecular flexibility index (Phi) is 5.82. The minimum Gasteiger partial charge on any atom is -0.508 e. The summed E-state index contributed by atoms with van der Waals surface area (Å²) >= 11 is 0. The van der Waals surface area contributed by atoms with Crippen LogP contribution in [-0.2, 0) is 6.42 Å². The van der Waals surface area contributed by atoms with Crippen LogP contribution < -0.4 is 0 Å². The summed E-state index contributed by atoms with van der Waals surface area (Å²) < 4.78 is 0. The number of nitrogens with zero attached hydrogens (tertiary/aromatic N) is 1. The second-order valence-electron chi connectivity index (χ2n) is 8.86. The molecule has 3 heteroatoms. The van der Waals surface area contributed by atoms with E-state index in [1.165, 1.54) is 31.2 Å². The van der Waals surface area contributed by atoms with Crippen LogP contribution in [-0.4, -0.2) is 34.9 Å². The fourth-order valence-corrected chi connectivity index (χ4v) is 5.24. The summed E-state index contributed by atoms with van der Waals surface area (Å²) in [6, 6.07) is 17.8. The van der Waals surface area contributed by atoms with Crippen molar-refractivity contribution in [3.8, 4) is 5.75 Å². The number of ketones is 1. The Bertz CT molecular complexity index is 772. The molecule has 1 heterocycles. The minimum atomic E-state index is 0.172. The van der Waals surface area contributed by atoms with E-state index in [9.17, 15) is 9.90 Å². The number of Topliss-reactive ketones (excluding diaryl/α,β-unsaturated/α-hetero) is 1. The Morgan fingerprint density at radius 3 is 2.32 bits per heavy atom. The van der Waals surface area contributed by atoms with Crippen molar-refractivity contribution >= 4 is 5.78 Å². The number of rotatable bonds is 7. The SMILES string of the molecule is CC(CC(=O)c1ccc(O)cc1)N1C[C@H]2CC(CCc3ccccc3)C[C@H]2C1. The van der Waals surface area contributed by atoms with Gasteiger partial charge in [0, 0.05) is 31.1 Å². The number of aryl methyl sites for hydroxylation is 1. The summed E-state index contributed by atoms with van der Waals surface area (Å²) in [5.41, 5.74) is 2.16. The molecule has 2 aromatic carbocycles. The Balaban J connectivity index is 1.24. The molecule has 0 amide bonds. The molecule has 0 spiro atoms. The third-order valence-corrected chi connectivity index (χ3v) is 6.85. The number of hydrogen-bond donors (Lipinski definition) is 1. The lowest BCUT2D eigenvalue weighted by molar-refractivity contribution is 0.0936. The maximum Gasteiger partial charge on any atom is 0.164 e. The quantitative estimate of drug-likeness (QED) is 0.695. The van der Waals surface area contributed by atoms with Gasteiger partial charge < -0.3 is 5.11 Å². The first-order valence-electron chi connectivity index (χ1n) is 10.7. The van der Waals surface area contributed by atoms with Crippen molar-refractivity contribution in [2.75, 3.05) is 13.1 Å². The number of phenolic OH excluding ortho intramolecular Hbond substituents is 1. The number of carbonyl (C=O) groups is 1. The first-order valence-corrected chi connectivity index (χ1v) is 10.7. The third-order valence-electron chi connectivity index (χ3n) is 6.85. The zero-order valence-electron chi connectivity index (χ0n) is 16.8. The zero-order valence-corrected chi connectivity index (χ0v) is 16.8. The highest BCUT2D eigenvalue weighted by Crippen LogP contribution is 2.44. The molecular weight excluding hydrogens is 346 g/mol. The van der Waals surface area contributed by atoms with Crippen LogP contribution in [0.15, 0.2) is 54.6 Å². The summed E-state index contributed by atoms with van der Waals surface area (Å²) in [5, 5.41) is 9.39. The molecule has 0 radical (unpaired) electrons. The van der Waals surface area contributed by atoms with E-state index in [0.717, 1.165) is 30.8 Å². The van der Waals surface area contributed by atoms with Gasteiger partial charge in [-0.15, -0.1) is 0 Å². The predicted molar refractivity (Wildman–Crippen MR) is 113 cm³/mol. The average molecular weight is 378 g/mol. The molecule has 1 N–H and O–H groups in total. The van der Waals surface area contributed by atoms with Crippen LogP contribution in [0.3, 0.4) is 0 Å². The number of carbonyl (C=O) groups excluding carboxylic acids is 1. The van der Waals surface area contributed by atoms with Crippen LogP contribution in [0.25, 0.3) is 0 Å². The first-order chi connectivity index (χ1) is 13.6. The Morgan fingerprint density at radius 1 is 1.04 bits per heavy atom. The molecule has 2 fully saturated rings. The van der Waals surface area contributed by atoms with E-state index < -0.39 is 0 Å². The van der Waals surface area contributed by atoms with E-state index in [-0.39, 0.29) is 17.6 Å². The van der Waals surface area contributed by atoms with Crippen molar-refractivity contribution in [2.24, 2.45) is 17.8 Å². The van der Waals surface area contributed by atoms with E-state index >= 15 is 0 Å². The molecule has 3 nitrogen and oxygen atoms in total. The number of likely N-dealkylation sites (tertiary alicyclic amines) is 1. The van der Waals surface area contributed by atoms with Gasteiger partial charge in [-0.1, -0.05) is 30.3 Å². The van der Waals surface area contributed by atoms with Crippen LogP contribution in [0, 0.1) is 17.8 Å². The number of fused-ring (bicyclic) bond motifs is 1. The lowest BCUT2D eigenvalue weighted by Gasteiger charge is -2.25. The van der Waals surface area contributed by atoms with Gasteiger partial charge in [0.2, 0.25) is 0 Å². The smallest absolute Gasteiger partial charge is 0.164 e. The van der Waals surface area contributed by atoms with Gasteiger partial charge in [-0.2, -0.15) is 0 Å². The van der Waals surface area contributed by atoms with Crippen LogP contribution in [0.2, 0.25) is 0 Å². The maximum absolute atomic E-state index is 12.5. The molecule has 4 rings (SSSR count). The molecule has 1 saturated heterocycles. The summed E-state index contributed by atoms with van der Waals surface area (Å²) in [6.07, 6.45) is 5.78. The van der Waals surface area contributed by atoms with Crippen molar-refractivity contribution < 1.29 is 9.90 Å². The highest BCUT2D eigenvalue weighted by Gasteiger charge is 2.41. The van der Waals surface area contributed by atoms with Crippen LogP contribution in [0.1, 0.15) is 48.5 Å². The van der Waals surface area contributed by atoms with Gasteiger partial charge in [0.05, 0.1) is 0 Å². The second-order valence-corrected chi connectivity index (χ2v) is 8.86. The van der Waals surface area contributed by atoms with Crippen LogP contribution in [0.5, 0.6) is 5.75 Å². The lowest BCUT2D eigenvalue weighted by Crippen LogP contribution is -2.33. The van der Waals surface area contributed by atoms with Gasteiger partial charge >= 0.3 is 0 Å². The summed E-state index contributed by atoms with van der Waals surface area (Å²) in [7, 11) is 0. The van der Waals surface area contributed by atoms with E-state index in [2.05, 4.69) is 42.2 Å². The molecule has 2 aromatic rings. The zero-order chi connectivity index (χ0) is 19.5. The maximum atomic E-state index is 12.5. The van der Waals surface area contributed by atoms with Gasteiger partial charge in [-0.3, -0.25) is 9.69 Å². The molecule has 148 valence electrons. The molecule has 0 aromatic heterocycles. The van der Waals surface area contributed by atoms with E-state index in [1.807, 2.05) is 0 Å². The monoisotopic (exact) mass is 377 g/mol. The molecule has 1 aliphatic carbocycles. The van der Waals surface area contributed by atoms with Crippen LogP contribution >= 0.6 is 0 Å². The fourth-order valence-electron chi connectivity index (χ4n) is 5.24. The normalized spacial score (nSPS) is 25.5. The molecular formula is C25H31NO2. The van der Waals surface area contributed by atoms with Gasteiger partial charge in [0.25, 0.3) is 0 Å². The standard InChI is InChI=1S/C25H31NO2/c1-18(13-25(28)21-9-11-24(27)12-10-21)26-16-22-14-20(15-23(22)17-26)8-7-19-5-3-2-4-6-19/h2-6,9-12,18,20,22-23,27H,7-8,13-17H2,1H3/t18?,20?,22-,23+. The molecule has 1 aliphatic heterocycles. The molecule has 1 saturated carbocycles. The van der Waals surface area contributed by atoms with Crippen molar-refractivity contribution in [1.29, 1.82) is 0 Å². The highest BCUT2D eigenvalue weighted by atomic mass is 16.3. The second kappa shape index (κ2) is 8.48. The summed E-state index contributed by atoms with van der Waals surface area (Å²) in [5.74, 6) is 2.87. The fraction of sp³-hybridized carbons (Fsp3) is 0.480. The minimum absolute atomic E-state index is 0.172. The Hall–Kier alpha value is -2.13. The summed E-state index contributed by atoms with van der Waals surface area (Å²) in [4.78, 5) is 15.1. The number of phenols is 1. The van der Waals surface area contributed by atoms with Crippen molar-refractivity contribution in [3.05, 3.63) is 65.7 Å². The summed E-state index contributed by atoms with van der Waals surface area (Å²) in [6.45, 7) is 4.49. The van der Waals surface area contributed by atoms with Gasteiger partial charge in [0.1, 0.15) is 5.75 Å². The van der Waals surface area contributed by atoms with Crippen molar-refractivity contribution in [2.45, 2.75) is 45.1 Å². The molecule has 28 heavy (non-hydrogen) atoms. The molecule has 4 atom stereocenters. The Morgan fingerprint density at radius 2 is 1.68 bits per heavy atom.